The van der Waals surface area contributed by atoms with Gasteiger partial charge in [-0.15, -0.1) is 0 Å². The molecule has 1 fully saturated rings. The highest BCUT2D eigenvalue weighted by atomic mass is 16.5. The van der Waals surface area contributed by atoms with Crippen LogP contribution in [0.3, 0.4) is 0 Å². The maximum absolute atomic E-state index is 5.96. The number of morpholine rings is 1. The summed E-state index contributed by atoms with van der Waals surface area (Å²) in [6.07, 6.45) is 4.06. The molecule has 1 aliphatic rings. The Labute approximate surface area is 109 Å². The minimum atomic E-state index is 0.247. The summed E-state index contributed by atoms with van der Waals surface area (Å²) in [7, 11) is 0. The van der Waals surface area contributed by atoms with E-state index in [0.717, 1.165) is 19.8 Å². The van der Waals surface area contributed by atoms with Crippen LogP contribution in [0.2, 0.25) is 0 Å². The molecule has 2 N–H and O–H groups in total. The lowest BCUT2D eigenvalue weighted by Crippen LogP contribution is -2.47. The van der Waals surface area contributed by atoms with Crippen LogP contribution in [0.1, 0.15) is 38.4 Å². The van der Waals surface area contributed by atoms with Crippen LogP contribution in [0, 0.1) is 0 Å². The van der Waals surface area contributed by atoms with E-state index >= 15 is 0 Å². The molecule has 0 amide bonds. The quantitative estimate of drug-likeness (QED) is 0.874. The van der Waals surface area contributed by atoms with Crippen molar-refractivity contribution in [1.29, 1.82) is 0 Å². The van der Waals surface area contributed by atoms with Crippen molar-refractivity contribution in [2.24, 2.45) is 5.73 Å². The second kappa shape index (κ2) is 5.82. The Kier molecular flexibility index (Phi) is 4.37. The first-order chi connectivity index (χ1) is 8.63. The summed E-state index contributed by atoms with van der Waals surface area (Å²) in [5.41, 5.74) is 7.17. The minimum absolute atomic E-state index is 0.247. The van der Waals surface area contributed by atoms with Crippen molar-refractivity contribution in [1.82, 2.24) is 14.7 Å². The molecule has 102 valence electrons. The molecular weight excluding hydrogens is 228 g/mol. The fourth-order valence-electron chi connectivity index (χ4n) is 2.47. The number of hydrogen-bond acceptors (Lipinski definition) is 4. The molecule has 5 nitrogen and oxygen atoms in total. The minimum Gasteiger partial charge on any atom is -0.379 e. The third kappa shape index (κ3) is 2.74. The molecule has 0 radical (unpaired) electrons. The second-order valence-corrected chi connectivity index (χ2v) is 5.26. The lowest BCUT2D eigenvalue weighted by atomic mass is 10.1. The van der Waals surface area contributed by atoms with Crippen LogP contribution in [-0.2, 0) is 4.74 Å². The van der Waals surface area contributed by atoms with Crippen LogP contribution in [0.15, 0.2) is 12.4 Å². The third-order valence-corrected chi connectivity index (χ3v) is 3.58. The lowest BCUT2D eigenvalue weighted by Gasteiger charge is -2.38. The van der Waals surface area contributed by atoms with Crippen LogP contribution in [0.25, 0.3) is 0 Å². The van der Waals surface area contributed by atoms with Crippen molar-refractivity contribution >= 4 is 0 Å². The Morgan fingerprint density at radius 2 is 2.33 bits per heavy atom. The van der Waals surface area contributed by atoms with Crippen LogP contribution >= 0.6 is 0 Å². The molecule has 5 heteroatoms. The lowest BCUT2D eigenvalue weighted by molar-refractivity contribution is -0.0209. The third-order valence-electron chi connectivity index (χ3n) is 3.58. The van der Waals surface area contributed by atoms with Gasteiger partial charge in [-0.05, 0) is 20.8 Å². The van der Waals surface area contributed by atoms with Crippen molar-refractivity contribution in [3.05, 3.63) is 18.0 Å². The summed E-state index contributed by atoms with van der Waals surface area (Å²) in [4.78, 5) is 2.42. The van der Waals surface area contributed by atoms with Gasteiger partial charge in [0.2, 0.25) is 0 Å². The summed E-state index contributed by atoms with van der Waals surface area (Å²) in [6, 6.07) is 1.05. The number of aromatic nitrogens is 2. The van der Waals surface area contributed by atoms with Gasteiger partial charge in [-0.3, -0.25) is 9.58 Å². The Bertz CT molecular complexity index is 377. The standard InChI is InChI=1S/C13H24N4O/c1-10(2)17-8-12(7-15-17)13(6-14)16-4-5-18-9-11(16)3/h7-8,10-11,13H,4-6,9,14H2,1-3H3. The molecule has 2 rings (SSSR count). The van der Waals surface area contributed by atoms with Crippen molar-refractivity contribution in [2.45, 2.75) is 38.9 Å². The van der Waals surface area contributed by atoms with E-state index < -0.39 is 0 Å². The molecule has 1 aromatic heterocycles. The van der Waals surface area contributed by atoms with Gasteiger partial charge in [0.1, 0.15) is 0 Å². The zero-order chi connectivity index (χ0) is 13.1. The molecule has 2 heterocycles. The van der Waals surface area contributed by atoms with Crippen LogP contribution in [0.4, 0.5) is 0 Å². The van der Waals surface area contributed by atoms with Crippen molar-refractivity contribution in [2.75, 3.05) is 26.3 Å². The molecular formula is C13H24N4O. The van der Waals surface area contributed by atoms with Gasteiger partial charge in [0, 0.05) is 36.9 Å². The van der Waals surface area contributed by atoms with E-state index in [2.05, 4.69) is 37.0 Å². The topological polar surface area (TPSA) is 56.3 Å². The monoisotopic (exact) mass is 252 g/mol. The second-order valence-electron chi connectivity index (χ2n) is 5.26. The van der Waals surface area contributed by atoms with Gasteiger partial charge < -0.3 is 10.5 Å². The molecule has 0 aliphatic carbocycles. The first kappa shape index (κ1) is 13.5. The first-order valence-corrected chi connectivity index (χ1v) is 6.71. The number of nitrogens with zero attached hydrogens (tertiary/aromatic N) is 3. The van der Waals surface area contributed by atoms with Gasteiger partial charge in [-0.2, -0.15) is 5.10 Å². The zero-order valence-electron chi connectivity index (χ0n) is 11.5. The van der Waals surface area contributed by atoms with Crippen LogP contribution in [0.5, 0.6) is 0 Å². The first-order valence-electron chi connectivity index (χ1n) is 6.71. The molecule has 0 bridgehead atoms. The number of rotatable bonds is 4. The highest BCUT2D eigenvalue weighted by molar-refractivity contribution is 5.12. The van der Waals surface area contributed by atoms with Gasteiger partial charge >= 0.3 is 0 Å². The largest absolute Gasteiger partial charge is 0.379 e. The van der Waals surface area contributed by atoms with Gasteiger partial charge in [0.25, 0.3) is 0 Å². The predicted octanol–water partition coefficient (Wildman–Crippen LogP) is 1.18. The number of ether oxygens (including phenoxy) is 1. The molecule has 0 spiro atoms. The summed E-state index contributed by atoms with van der Waals surface area (Å²) < 4.78 is 7.47. The number of nitrogens with two attached hydrogens (primary N) is 1. The average Bonchev–Trinajstić information content (AvgIpc) is 2.82. The fourth-order valence-corrected chi connectivity index (χ4v) is 2.47. The Balaban J connectivity index is 2.15. The molecule has 0 aromatic carbocycles. The maximum Gasteiger partial charge on any atom is 0.0620 e. The summed E-state index contributed by atoms with van der Waals surface area (Å²) in [5, 5.41) is 4.41. The highest BCUT2D eigenvalue weighted by Gasteiger charge is 2.27. The predicted molar refractivity (Wildman–Crippen MR) is 71.4 cm³/mol. The smallest absolute Gasteiger partial charge is 0.0620 e. The molecule has 0 saturated carbocycles. The normalized spacial score (nSPS) is 23.5. The van der Waals surface area contributed by atoms with E-state index in [-0.39, 0.29) is 6.04 Å². The number of hydrogen-bond donors (Lipinski definition) is 1. The SMILES string of the molecule is CC1COCCN1C(CN)c1cnn(C(C)C)c1. The van der Waals surface area contributed by atoms with E-state index in [9.17, 15) is 0 Å². The molecule has 2 unspecified atom stereocenters. The fraction of sp³-hybridized carbons (Fsp3) is 0.769. The summed E-state index contributed by atoms with van der Waals surface area (Å²) in [6.45, 7) is 9.59. The molecule has 1 aliphatic heterocycles. The molecule has 1 saturated heterocycles. The molecule has 18 heavy (non-hydrogen) atoms. The maximum atomic E-state index is 5.96. The van der Waals surface area contributed by atoms with Crippen molar-refractivity contribution in [3.8, 4) is 0 Å². The zero-order valence-corrected chi connectivity index (χ0v) is 11.5. The van der Waals surface area contributed by atoms with E-state index in [1.807, 2.05) is 10.9 Å². The summed E-state index contributed by atoms with van der Waals surface area (Å²) in [5.74, 6) is 0. The molecule has 1 aromatic rings. The van der Waals surface area contributed by atoms with Gasteiger partial charge in [0.15, 0.2) is 0 Å². The highest BCUT2D eigenvalue weighted by Crippen LogP contribution is 2.24. The molecule has 2 atom stereocenters. The van der Waals surface area contributed by atoms with Crippen molar-refractivity contribution < 1.29 is 4.74 Å². The van der Waals surface area contributed by atoms with Gasteiger partial charge in [-0.1, -0.05) is 0 Å². The van der Waals surface area contributed by atoms with E-state index in [1.54, 1.807) is 0 Å². The van der Waals surface area contributed by atoms with E-state index in [0.29, 0.717) is 18.6 Å². The van der Waals surface area contributed by atoms with Gasteiger partial charge in [-0.25, -0.2) is 0 Å². The Hall–Kier alpha value is -0.910. The van der Waals surface area contributed by atoms with E-state index in [1.165, 1.54) is 5.56 Å². The van der Waals surface area contributed by atoms with Gasteiger partial charge in [0.05, 0.1) is 25.5 Å². The average molecular weight is 252 g/mol. The Morgan fingerprint density at radius 3 is 2.89 bits per heavy atom. The Morgan fingerprint density at radius 1 is 1.56 bits per heavy atom. The summed E-state index contributed by atoms with van der Waals surface area (Å²) >= 11 is 0. The van der Waals surface area contributed by atoms with E-state index in [4.69, 9.17) is 10.5 Å². The van der Waals surface area contributed by atoms with Crippen molar-refractivity contribution in [3.63, 3.8) is 0 Å². The van der Waals surface area contributed by atoms with Crippen LogP contribution in [-0.4, -0.2) is 47.0 Å². The van der Waals surface area contributed by atoms with Crippen LogP contribution < -0.4 is 5.73 Å².